The van der Waals surface area contributed by atoms with Crippen molar-refractivity contribution in [2.24, 2.45) is 5.41 Å². The lowest BCUT2D eigenvalue weighted by atomic mass is 9.93. The van der Waals surface area contributed by atoms with Gasteiger partial charge >= 0.3 is 11.9 Å². The van der Waals surface area contributed by atoms with Crippen molar-refractivity contribution in [2.75, 3.05) is 14.2 Å². The Kier molecular flexibility index (Phi) is 6.77. The second-order valence-corrected chi connectivity index (χ2v) is 15.7. The van der Waals surface area contributed by atoms with E-state index >= 15 is 0 Å². The van der Waals surface area contributed by atoms with Gasteiger partial charge in [-0.15, -0.1) is 0 Å². The summed E-state index contributed by atoms with van der Waals surface area (Å²) >= 11 is 0. The highest BCUT2D eigenvalue weighted by molar-refractivity contribution is 6.74. The molecule has 33 heavy (non-hydrogen) atoms. The first kappa shape index (κ1) is 25.3. The number of allylic oxidation sites excluding steroid dienone is 2. The van der Waals surface area contributed by atoms with Crippen LogP contribution in [0, 0.1) is 12.3 Å². The minimum absolute atomic E-state index is 0.0393. The van der Waals surface area contributed by atoms with E-state index in [0.717, 1.165) is 40.9 Å². The van der Waals surface area contributed by atoms with Gasteiger partial charge in [0.25, 0.3) is 8.32 Å². The monoisotopic (exact) mass is 474 g/mol. The Morgan fingerprint density at radius 2 is 1.82 bits per heavy atom. The standard InChI is InChI=1S/C26H38O6Si/c1-16(14-26(12-13-26)24(28)30-7)10-11-18-21(29-6)17(2)19-15-31-23(27)20(19)22(18)32-33(8,9)25(3,4)5/h10H,11-15H2,1-9H3. The van der Waals surface area contributed by atoms with Crippen LogP contribution in [0.4, 0.5) is 0 Å². The Balaban J connectivity index is 2.06. The van der Waals surface area contributed by atoms with Gasteiger partial charge in [-0.25, -0.2) is 4.79 Å². The molecule has 0 unspecified atom stereocenters. The largest absolute Gasteiger partial charge is 0.543 e. The number of methoxy groups -OCH3 is 2. The van der Waals surface area contributed by atoms with Crippen LogP contribution in [0.3, 0.4) is 0 Å². The normalized spacial score (nSPS) is 17.4. The molecule has 1 heterocycles. The van der Waals surface area contributed by atoms with Gasteiger partial charge < -0.3 is 18.6 Å². The second kappa shape index (κ2) is 8.82. The molecule has 0 spiro atoms. The molecule has 7 heteroatoms. The average molecular weight is 475 g/mol. The van der Waals surface area contributed by atoms with Gasteiger partial charge in [0.05, 0.1) is 19.6 Å². The molecule has 0 atom stereocenters. The third-order valence-electron chi connectivity index (χ3n) is 7.53. The van der Waals surface area contributed by atoms with Crippen LogP contribution >= 0.6 is 0 Å². The summed E-state index contributed by atoms with van der Waals surface area (Å²) in [5.74, 6) is 0.860. The van der Waals surface area contributed by atoms with Gasteiger partial charge in [-0.05, 0) is 63.2 Å². The van der Waals surface area contributed by atoms with Gasteiger partial charge in [0.2, 0.25) is 0 Å². The number of carbonyl (C=O) groups is 2. The summed E-state index contributed by atoms with van der Waals surface area (Å²) in [5.41, 5.74) is 3.89. The van der Waals surface area contributed by atoms with E-state index in [1.165, 1.54) is 7.11 Å². The van der Waals surface area contributed by atoms with Crippen molar-refractivity contribution < 1.29 is 28.2 Å². The molecule has 1 aliphatic carbocycles. The molecule has 3 rings (SSSR count). The highest BCUT2D eigenvalue weighted by atomic mass is 28.4. The van der Waals surface area contributed by atoms with Crippen LogP contribution in [0.25, 0.3) is 0 Å². The highest BCUT2D eigenvalue weighted by Gasteiger charge is 2.50. The summed E-state index contributed by atoms with van der Waals surface area (Å²) in [4.78, 5) is 25.0. The lowest BCUT2D eigenvalue weighted by Crippen LogP contribution is -2.44. The maximum Gasteiger partial charge on any atom is 0.342 e. The molecule has 0 aromatic heterocycles. The molecular weight excluding hydrogens is 436 g/mol. The van der Waals surface area contributed by atoms with Crippen LogP contribution < -0.4 is 9.16 Å². The summed E-state index contributed by atoms with van der Waals surface area (Å²) in [7, 11) is 0.847. The summed E-state index contributed by atoms with van der Waals surface area (Å²) in [6.45, 7) is 15.1. The van der Waals surface area contributed by atoms with Crippen LogP contribution in [0.1, 0.15) is 74.0 Å². The number of benzene rings is 1. The zero-order valence-corrected chi connectivity index (χ0v) is 22.6. The van der Waals surface area contributed by atoms with E-state index in [2.05, 4.69) is 39.9 Å². The van der Waals surface area contributed by atoms with Crippen molar-refractivity contribution >= 4 is 20.3 Å². The van der Waals surface area contributed by atoms with Crippen molar-refractivity contribution in [3.8, 4) is 11.5 Å². The molecule has 1 aromatic carbocycles. The maximum atomic E-state index is 12.8. The Hall–Kier alpha value is -2.28. The fraction of sp³-hybridized carbons (Fsp3) is 0.615. The van der Waals surface area contributed by atoms with Crippen LogP contribution in [0.15, 0.2) is 11.6 Å². The topological polar surface area (TPSA) is 71.1 Å². The Morgan fingerprint density at radius 3 is 2.33 bits per heavy atom. The predicted molar refractivity (Wildman–Crippen MR) is 130 cm³/mol. The molecule has 0 N–H and O–H groups in total. The van der Waals surface area contributed by atoms with Crippen molar-refractivity contribution in [1.29, 1.82) is 0 Å². The summed E-state index contributed by atoms with van der Waals surface area (Å²) < 4.78 is 23.0. The van der Waals surface area contributed by atoms with E-state index in [9.17, 15) is 9.59 Å². The molecule has 2 aliphatic rings. The number of ether oxygens (including phenoxy) is 3. The van der Waals surface area contributed by atoms with E-state index in [4.69, 9.17) is 18.6 Å². The van der Waals surface area contributed by atoms with Gasteiger partial charge in [0.15, 0.2) is 0 Å². The molecule has 0 radical (unpaired) electrons. The van der Waals surface area contributed by atoms with Crippen LogP contribution in [0.2, 0.25) is 18.1 Å². The van der Waals surface area contributed by atoms with Crippen molar-refractivity contribution in [3.05, 3.63) is 33.9 Å². The van der Waals surface area contributed by atoms with Crippen LogP contribution in [-0.4, -0.2) is 34.5 Å². The molecule has 0 saturated heterocycles. The number of fused-ring (bicyclic) bond motifs is 1. The summed E-state index contributed by atoms with van der Waals surface area (Å²) in [6.07, 6.45) is 5.05. The summed E-state index contributed by atoms with van der Waals surface area (Å²) in [5, 5.41) is -0.0393. The molecule has 1 aliphatic heterocycles. The van der Waals surface area contributed by atoms with Gasteiger partial charge in [0, 0.05) is 11.1 Å². The first-order valence-electron chi connectivity index (χ1n) is 11.6. The van der Waals surface area contributed by atoms with Crippen LogP contribution in [-0.2, 0) is 27.3 Å². The number of carbonyl (C=O) groups excluding carboxylic acids is 2. The molecule has 182 valence electrons. The van der Waals surface area contributed by atoms with Crippen molar-refractivity contribution in [3.63, 3.8) is 0 Å². The minimum atomic E-state index is -2.25. The molecule has 6 nitrogen and oxygen atoms in total. The van der Waals surface area contributed by atoms with E-state index in [1.807, 2.05) is 13.8 Å². The third-order valence-corrected chi connectivity index (χ3v) is 11.9. The van der Waals surface area contributed by atoms with E-state index in [0.29, 0.717) is 24.2 Å². The van der Waals surface area contributed by atoms with E-state index in [-0.39, 0.29) is 29.0 Å². The summed E-state index contributed by atoms with van der Waals surface area (Å²) in [6, 6.07) is 0. The van der Waals surface area contributed by atoms with Gasteiger partial charge in [-0.2, -0.15) is 0 Å². The molecular formula is C26H38O6Si. The molecule has 0 amide bonds. The number of cyclic esters (lactones) is 1. The number of hydrogen-bond donors (Lipinski definition) is 0. The molecule has 1 aromatic rings. The Bertz CT molecular complexity index is 995. The minimum Gasteiger partial charge on any atom is -0.543 e. The van der Waals surface area contributed by atoms with Gasteiger partial charge in [0.1, 0.15) is 23.7 Å². The lowest BCUT2D eigenvalue weighted by Gasteiger charge is -2.37. The SMILES string of the molecule is COC(=O)C1(CC(C)=CCc2c(OC)c(C)c3c(c2O[Si](C)(C)C(C)(C)C)C(=O)OC3)CC1. The predicted octanol–water partition coefficient (Wildman–Crippen LogP) is 5.89. The third kappa shape index (κ3) is 4.70. The lowest BCUT2D eigenvalue weighted by molar-refractivity contribution is -0.147. The van der Waals surface area contributed by atoms with Gasteiger partial charge in [-0.3, -0.25) is 4.79 Å². The number of rotatable bonds is 8. The van der Waals surface area contributed by atoms with Crippen molar-refractivity contribution in [1.82, 2.24) is 0 Å². The van der Waals surface area contributed by atoms with Crippen molar-refractivity contribution in [2.45, 2.75) is 85.0 Å². The van der Waals surface area contributed by atoms with E-state index < -0.39 is 8.32 Å². The Morgan fingerprint density at radius 1 is 1.18 bits per heavy atom. The molecule has 1 fully saturated rings. The quantitative estimate of drug-likeness (QED) is 0.266. The number of esters is 2. The molecule has 1 saturated carbocycles. The van der Waals surface area contributed by atoms with E-state index in [1.54, 1.807) is 7.11 Å². The molecule has 0 bridgehead atoms. The van der Waals surface area contributed by atoms with Crippen LogP contribution in [0.5, 0.6) is 11.5 Å². The smallest absolute Gasteiger partial charge is 0.342 e. The highest BCUT2D eigenvalue weighted by Crippen LogP contribution is 2.52. The fourth-order valence-electron chi connectivity index (χ4n) is 4.23. The zero-order chi connectivity index (χ0) is 24.8. The zero-order valence-electron chi connectivity index (χ0n) is 21.6. The average Bonchev–Trinajstić information content (AvgIpc) is 3.40. The Labute approximate surface area is 198 Å². The first-order valence-corrected chi connectivity index (χ1v) is 14.5. The second-order valence-electron chi connectivity index (χ2n) is 11.0. The maximum absolute atomic E-state index is 12.8. The number of hydrogen-bond acceptors (Lipinski definition) is 6. The first-order chi connectivity index (χ1) is 15.3. The fourth-order valence-corrected chi connectivity index (χ4v) is 5.28. The van der Waals surface area contributed by atoms with Gasteiger partial charge in [-0.1, -0.05) is 32.4 Å².